The lowest BCUT2D eigenvalue weighted by Crippen LogP contribution is -2.50. The number of carbonyl (C=O) groups is 2. The number of carbonyl (C=O) groups excluding carboxylic acids is 1. The van der Waals surface area contributed by atoms with Crippen LogP contribution in [0.25, 0.3) is 0 Å². The molecule has 17 heavy (non-hydrogen) atoms. The Morgan fingerprint density at radius 1 is 1.29 bits per heavy atom. The minimum Gasteiger partial charge on any atom is -0.480 e. The Morgan fingerprint density at radius 2 is 1.94 bits per heavy atom. The Bertz CT molecular complexity index is 347. The zero-order valence-corrected chi connectivity index (χ0v) is 10.5. The number of rotatable bonds is 1. The van der Waals surface area contributed by atoms with Crippen molar-refractivity contribution in [2.75, 3.05) is 0 Å². The van der Waals surface area contributed by atoms with Crippen molar-refractivity contribution in [3.63, 3.8) is 0 Å². The predicted octanol–water partition coefficient (Wildman–Crippen LogP) is 1.86. The lowest BCUT2D eigenvalue weighted by Gasteiger charge is -2.34. The van der Waals surface area contributed by atoms with Crippen LogP contribution in [0.4, 0.5) is 4.79 Å². The van der Waals surface area contributed by atoms with E-state index in [0.717, 1.165) is 19.3 Å². The molecular formula is C12H19NO4. The summed E-state index contributed by atoms with van der Waals surface area (Å²) in [5.41, 5.74) is -0.581. The number of amides is 1. The highest BCUT2D eigenvalue weighted by Crippen LogP contribution is 2.43. The molecule has 1 amide bonds. The Kier molecular flexibility index (Phi) is 2.79. The zero-order valence-electron chi connectivity index (χ0n) is 10.5. The molecule has 1 heterocycles. The number of hydrogen-bond donors (Lipinski definition) is 1. The Hall–Kier alpha value is -1.26. The number of piperidine rings is 1. The fourth-order valence-electron chi connectivity index (χ4n) is 2.88. The molecule has 1 aliphatic carbocycles. The number of likely N-dealkylation sites (tertiary alicyclic amines) is 1. The molecule has 2 fully saturated rings. The number of carboxylic acid groups (broad SMARTS) is 1. The summed E-state index contributed by atoms with van der Waals surface area (Å²) in [7, 11) is 0. The second-order valence-corrected chi connectivity index (χ2v) is 5.90. The Balaban J connectivity index is 2.14. The molecule has 1 aliphatic heterocycles. The summed E-state index contributed by atoms with van der Waals surface area (Å²) in [5, 5.41) is 9.20. The molecule has 2 aliphatic rings. The van der Waals surface area contributed by atoms with Crippen LogP contribution in [0.2, 0.25) is 0 Å². The van der Waals surface area contributed by atoms with Gasteiger partial charge in [0.2, 0.25) is 0 Å². The van der Waals surface area contributed by atoms with E-state index in [1.807, 2.05) is 0 Å². The van der Waals surface area contributed by atoms with Gasteiger partial charge in [-0.25, -0.2) is 9.59 Å². The Labute approximate surface area is 101 Å². The molecule has 0 spiro atoms. The third-order valence-electron chi connectivity index (χ3n) is 3.44. The van der Waals surface area contributed by atoms with Gasteiger partial charge >= 0.3 is 12.1 Å². The third kappa shape index (κ3) is 2.23. The number of carboxylic acids is 1. The SMILES string of the molecule is CC(C)(C)OC(=O)N1C(C(=O)O)C2CC[C@H]1C2. The molecule has 5 nitrogen and oxygen atoms in total. The van der Waals surface area contributed by atoms with Gasteiger partial charge in [0.1, 0.15) is 11.6 Å². The van der Waals surface area contributed by atoms with Crippen LogP contribution in [0.15, 0.2) is 0 Å². The first-order valence-corrected chi connectivity index (χ1v) is 6.04. The van der Waals surface area contributed by atoms with E-state index in [1.54, 1.807) is 20.8 Å². The lowest BCUT2D eigenvalue weighted by molar-refractivity contribution is -0.144. The van der Waals surface area contributed by atoms with Gasteiger partial charge in [0.15, 0.2) is 0 Å². The van der Waals surface area contributed by atoms with Crippen molar-refractivity contribution in [2.24, 2.45) is 5.92 Å². The monoisotopic (exact) mass is 241 g/mol. The summed E-state index contributed by atoms with van der Waals surface area (Å²) in [5.74, 6) is -0.812. The molecule has 96 valence electrons. The molecule has 1 N–H and O–H groups in total. The van der Waals surface area contributed by atoms with Crippen LogP contribution >= 0.6 is 0 Å². The van der Waals surface area contributed by atoms with Gasteiger partial charge in [0.05, 0.1) is 0 Å². The fraction of sp³-hybridized carbons (Fsp3) is 0.833. The molecule has 0 aromatic rings. The van der Waals surface area contributed by atoms with Crippen LogP contribution in [0.5, 0.6) is 0 Å². The minimum absolute atomic E-state index is 0.0518. The number of fused-ring (bicyclic) bond motifs is 2. The average molecular weight is 241 g/mol. The van der Waals surface area contributed by atoms with E-state index < -0.39 is 23.7 Å². The van der Waals surface area contributed by atoms with E-state index in [1.165, 1.54) is 4.90 Å². The van der Waals surface area contributed by atoms with Crippen LogP contribution in [0, 0.1) is 5.92 Å². The largest absolute Gasteiger partial charge is 0.480 e. The van der Waals surface area contributed by atoms with Gasteiger partial charge < -0.3 is 9.84 Å². The van der Waals surface area contributed by atoms with Crippen molar-refractivity contribution in [3.05, 3.63) is 0 Å². The minimum atomic E-state index is -0.914. The molecule has 0 aromatic carbocycles. The zero-order chi connectivity index (χ0) is 12.8. The van der Waals surface area contributed by atoms with Crippen LogP contribution in [-0.4, -0.2) is 39.8 Å². The van der Waals surface area contributed by atoms with E-state index in [2.05, 4.69) is 0 Å². The van der Waals surface area contributed by atoms with Crippen LogP contribution in [-0.2, 0) is 9.53 Å². The van der Waals surface area contributed by atoms with Gasteiger partial charge in [0.25, 0.3) is 0 Å². The highest BCUT2D eigenvalue weighted by Gasteiger charge is 2.52. The first-order valence-electron chi connectivity index (χ1n) is 6.04. The van der Waals surface area contributed by atoms with Crippen molar-refractivity contribution < 1.29 is 19.4 Å². The van der Waals surface area contributed by atoms with Gasteiger partial charge in [-0.1, -0.05) is 0 Å². The topological polar surface area (TPSA) is 66.8 Å². The maximum absolute atomic E-state index is 12.0. The lowest BCUT2D eigenvalue weighted by atomic mass is 9.99. The van der Waals surface area contributed by atoms with Crippen LogP contribution in [0.3, 0.4) is 0 Å². The molecular weight excluding hydrogens is 222 g/mol. The maximum atomic E-state index is 12.0. The fourth-order valence-corrected chi connectivity index (χ4v) is 2.88. The van der Waals surface area contributed by atoms with Crippen LogP contribution < -0.4 is 0 Å². The molecule has 3 atom stereocenters. The maximum Gasteiger partial charge on any atom is 0.411 e. The molecule has 5 heteroatoms. The Morgan fingerprint density at radius 3 is 2.47 bits per heavy atom. The molecule has 2 bridgehead atoms. The summed E-state index contributed by atoms with van der Waals surface area (Å²) in [4.78, 5) is 24.7. The van der Waals surface area contributed by atoms with E-state index >= 15 is 0 Å². The smallest absolute Gasteiger partial charge is 0.411 e. The first-order chi connectivity index (χ1) is 7.79. The van der Waals surface area contributed by atoms with E-state index in [4.69, 9.17) is 4.74 Å². The average Bonchev–Trinajstić information content (AvgIpc) is 2.72. The highest BCUT2D eigenvalue weighted by molar-refractivity contribution is 5.82. The molecule has 0 radical (unpaired) electrons. The summed E-state index contributed by atoms with van der Waals surface area (Å²) >= 11 is 0. The van der Waals surface area contributed by atoms with Gasteiger partial charge in [-0.05, 0) is 46.0 Å². The molecule has 2 unspecified atom stereocenters. The number of nitrogens with zero attached hydrogens (tertiary/aromatic N) is 1. The summed E-state index contributed by atoms with van der Waals surface area (Å²) in [6, 6.07) is -0.639. The van der Waals surface area contributed by atoms with E-state index in [0.29, 0.717) is 0 Å². The molecule has 1 saturated heterocycles. The highest BCUT2D eigenvalue weighted by atomic mass is 16.6. The van der Waals surface area contributed by atoms with Crippen molar-refractivity contribution in [2.45, 2.75) is 57.7 Å². The van der Waals surface area contributed by atoms with Crippen molar-refractivity contribution in [1.29, 1.82) is 0 Å². The summed E-state index contributed by atoms with van der Waals surface area (Å²) in [6.45, 7) is 5.36. The van der Waals surface area contributed by atoms with Gasteiger partial charge in [-0.15, -0.1) is 0 Å². The standard InChI is InChI=1S/C12H19NO4/c1-12(2,3)17-11(16)13-8-5-4-7(6-8)9(13)10(14)15/h7-9H,4-6H2,1-3H3,(H,14,15)/t7?,8-,9?/m0/s1. The van der Waals surface area contributed by atoms with Crippen LogP contribution in [0.1, 0.15) is 40.0 Å². The van der Waals surface area contributed by atoms with Crippen molar-refractivity contribution >= 4 is 12.1 Å². The van der Waals surface area contributed by atoms with Crippen molar-refractivity contribution in [3.8, 4) is 0 Å². The number of ether oxygens (including phenoxy) is 1. The third-order valence-corrected chi connectivity index (χ3v) is 3.44. The number of aliphatic carboxylic acids is 1. The quantitative estimate of drug-likeness (QED) is 0.761. The van der Waals surface area contributed by atoms with E-state index in [9.17, 15) is 14.7 Å². The summed E-state index contributed by atoms with van der Waals surface area (Å²) < 4.78 is 5.28. The summed E-state index contributed by atoms with van der Waals surface area (Å²) in [6.07, 6.45) is 2.11. The molecule has 0 aromatic heterocycles. The first kappa shape index (κ1) is 12.2. The van der Waals surface area contributed by atoms with Gasteiger partial charge in [-0.2, -0.15) is 0 Å². The van der Waals surface area contributed by atoms with E-state index in [-0.39, 0.29) is 12.0 Å². The second-order valence-electron chi connectivity index (χ2n) is 5.90. The molecule has 1 saturated carbocycles. The molecule has 2 rings (SSSR count). The van der Waals surface area contributed by atoms with Gasteiger partial charge in [0, 0.05) is 6.04 Å². The second kappa shape index (κ2) is 3.89. The number of hydrogen-bond acceptors (Lipinski definition) is 3. The normalized spacial score (nSPS) is 31.7. The van der Waals surface area contributed by atoms with Crippen molar-refractivity contribution in [1.82, 2.24) is 4.90 Å². The van der Waals surface area contributed by atoms with Gasteiger partial charge in [-0.3, -0.25) is 4.90 Å². The predicted molar refractivity (Wildman–Crippen MR) is 60.6 cm³/mol.